The number of nitro benzene ring substituents is 1. The van der Waals surface area contributed by atoms with Gasteiger partial charge in [-0.2, -0.15) is 0 Å². The lowest BCUT2D eigenvalue weighted by molar-refractivity contribution is -0.384. The summed E-state index contributed by atoms with van der Waals surface area (Å²) in [4.78, 5) is 9.97. The van der Waals surface area contributed by atoms with Crippen molar-refractivity contribution in [1.29, 1.82) is 0 Å². The summed E-state index contributed by atoms with van der Waals surface area (Å²) in [5.74, 6) is 2.47. The second kappa shape index (κ2) is 7.41. The van der Waals surface area contributed by atoms with Crippen LogP contribution in [0, 0.1) is 29.4 Å². The predicted octanol–water partition coefficient (Wildman–Crippen LogP) is 2.64. The van der Waals surface area contributed by atoms with Crippen molar-refractivity contribution in [2.24, 2.45) is 0 Å². The van der Waals surface area contributed by atoms with Crippen LogP contribution >= 0.6 is 11.6 Å². The highest BCUT2D eigenvalue weighted by Crippen LogP contribution is 2.29. The van der Waals surface area contributed by atoms with E-state index in [1.54, 1.807) is 0 Å². The maximum absolute atomic E-state index is 12.2. The molecule has 0 aliphatic rings. The van der Waals surface area contributed by atoms with Gasteiger partial charge in [0.15, 0.2) is 0 Å². The molecule has 0 unspecified atom stereocenters. The molecule has 8 heteroatoms. The van der Waals surface area contributed by atoms with Crippen molar-refractivity contribution in [3.63, 3.8) is 0 Å². The van der Waals surface area contributed by atoms with E-state index in [1.807, 2.05) is 0 Å². The smallest absolute Gasteiger partial charge is 0.258 e. The van der Waals surface area contributed by atoms with Crippen LogP contribution in [0.2, 0.25) is 5.02 Å². The van der Waals surface area contributed by atoms with Gasteiger partial charge in [-0.25, -0.2) is 13.1 Å². The van der Waals surface area contributed by atoms with E-state index in [2.05, 4.69) is 10.6 Å². The molecule has 0 aromatic heterocycles. The Morgan fingerprint density at radius 1 is 1.43 bits per heavy atom. The summed E-state index contributed by atoms with van der Waals surface area (Å²) in [5.41, 5.74) is -0.0864. The zero-order chi connectivity index (χ0) is 16.0. The van der Waals surface area contributed by atoms with E-state index >= 15 is 0 Å². The zero-order valence-corrected chi connectivity index (χ0v) is 13.0. The van der Waals surface area contributed by atoms with E-state index in [4.69, 9.17) is 18.0 Å². The topological polar surface area (TPSA) is 89.3 Å². The molecule has 0 aliphatic heterocycles. The highest BCUT2D eigenvalue weighted by molar-refractivity contribution is 7.89. The number of terminal acetylenes is 1. The molecule has 0 spiro atoms. The van der Waals surface area contributed by atoms with Crippen molar-refractivity contribution in [1.82, 2.24) is 4.72 Å². The molecule has 0 amide bonds. The lowest BCUT2D eigenvalue weighted by Gasteiger charge is -2.09. The molecule has 1 rings (SSSR count). The van der Waals surface area contributed by atoms with Gasteiger partial charge in [-0.1, -0.05) is 11.6 Å². The fraction of sp³-hybridized carbons (Fsp3) is 0.385. The second-order valence-electron chi connectivity index (χ2n) is 4.39. The average molecular weight is 331 g/mol. The molecule has 1 N–H and O–H groups in total. The maximum atomic E-state index is 12.2. The van der Waals surface area contributed by atoms with Gasteiger partial charge in [-0.3, -0.25) is 10.1 Å². The normalized spacial score (nSPS) is 11.1. The Labute approximate surface area is 128 Å². The minimum absolute atomic E-state index is 0.0922. The molecule has 1 aromatic carbocycles. The highest BCUT2D eigenvalue weighted by atomic mass is 35.5. The number of sulfonamides is 1. The number of nitrogens with zero attached hydrogens (tertiary/aromatic N) is 1. The molecule has 0 saturated carbocycles. The van der Waals surface area contributed by atoms with E-state index in [-0.39, 0.29) is 16.5 Å². The second-order valence-corrected chi connectivity index (χ2v) is 6.53. The summed E-state index contributed by atoms with van der Waals surface area (Å²) in [6.45, 7) is 1.75. The van der Waals surface area contributed by atoms with Crippen LogP contribution < -0.4 is 4.72 Å². The average Bonchev–Trinajstić information content (AvgIpc) is 2.37. The molecule has 0 aliphatic carbocycles. The first-order valence-electron chi connectivity index (χ1n) is 6.17. The van der Waals surface area contributed by atoms with Crippen LogP contribution in [0.4, 0.5) is 5.69 Å². The number of benzene rings is 1. The van der Waals surface area contributed by atoms with Crippen LogP contribution in [0.1, 0.15) is 24.8 Å². The van der Waals surface area contributed by atoms with Gasteiger partial charge in [0.1, 0.15) is 5.02 Å². The SMILES string of the molecule is C#CCCCCNS(=O)(=O)c1cc([N+](=O)[O-])c(Cl)cc1C. The van der Waals surface area contributed by atoms with Crippen molar-refractivity contribution >= 4 is 27.3 Å². The lowest BCUT2D eigenvalue weighted by atomic mass is 10.2. The minimum atomic E-state index is -3.82. The summed E-state index contributed by atoms with van der Waals surface area (Å²) < 4.78 is 26.7. The standard InChI is InChI=1S/C13H15ClN2O4S/c1-3-4-5-6-7-15-21(19,20)13-9-12(16(17)18)11(14)8-10(13)2/h1,8-9,15H,4-7H2,2H3. The van der Waals surface area contributed by atoms with E-state index in [1.165, 1.54) is 13.0 Å². The van der Waals surface area contributed by atoms with E-state index < -0.39 is 20.6 Å². The summed E-state index contributed by atoms with van der Waals surface area (Å²) in [5, 5.41) is 10.7. The Morgan fingerprint density at radius 2 is 2.10 bits per heavy atom. The Kier molecular flexibility index (Phi) is 6.15. The Hall–Kier alpha value is -1.62. The number of hydrogen-bond acceptors (Lipinski definition) is 4. The van der Waals surface area contributed by atoms with Crippen LogP contribution in [-0.4, -0.2) is 19.9 Å². The van der Waals surface area contributed by atoms with Crippen molar-refractivity contribution in [3.05, 3.63) is 32.8 Å². The van der Waals surface area contributed by atoms with Crippen LogP contribution in [-0.2, 0) is 10.0 Å². The number of hydrogen-bond donors (Lipinski definition) is 1. The van der Waals surface area contributed by atoms with Crippen LogP contribution in [0.25, 0.3) is 0 Å². The third kappa shape index (κ3) is 4.70. The Morgan fingerprint density at radius 3 is 2.67 bits per heavy atom. The molecule has 0 fully saturated rings. The molecule has 0 atom stereocenters. The third-order valence-electron chi connectivity index (χ3n) is 2.77. The van der Waals surface area contributed by atoms with Crippen molar-refractivity contribution in [2.75, 3.05) is 6.54 Å². The fourth-order valence-corrected chi connectivity index (χ4v) is 3.31. The van der Waals surface area contributed by atoms with Gasteiger partial charge >= 0.3 is 0 Å². The van der Waals surface area contributed by atoms with Gasteiger partial charge < -0.3 is 0 Å². The number of unbranched alkanes of at least 4 members (excludes halogenated alkanes) is 2. The van der Waals surface area contributed by atoms with Gasteiger partial charge in [-0.05, 0) is 31.4 Å². The molecule has 1 aromatic rings. The molecule has 6 nitrogen and oxygen atoms in total. The molecule has 114 valence electrons. The summed E-state index contributed by atoms with van der Waals surface area (Å²) in [6, 6.07) is 2.24. The monoisotopic (exact) mass is 330 g/mol. The largest absolute Gasteiger partial charge is 0.289 e. The number of nitro groups is 1. The molecule has 0 bridgehead atoms. The zero-order valence-electron chi connectivity index (χ0n) is 11.4. The summed E-state index contributed by atoms with van der Waals surface area (Å²) in [6.07, 6.45) is 6.98. The molecule has 21 heavy (non-hydrogen) atoms. The van der Waals surface area contributed by atoms with Crippen LogP contribution in [0.15, 0.2) is 17.0 Å². The first-order valence-corrected chi connectivity index (χ1v) is 8.03. The Bertz CT molecular complexity index is 680. The minimum Gasteiger partial charge on any atom is -0.258 e. The van der Waals surface area contributed by atoms with Crippen molar-refractivity contribution in [2.45, 2.75) is 31.1 Å². The van der Waals surface area contributed by atoms with Gasteiger partial charge in [-0.15, -0.1) is 12.3 Å². The highest BCUT2D eigenvalue weighted by Gasteiger charge is 2.23. The fourth-order valence-electron chi connectivity index (χ4n) is 1.71. The number of aryl methyl sites for hydroxylation is 1. The predicted molar refractivity (Wildman–Crippen MR) is 80.7 cm³/mol. The number of rotatable bonds is 7. The maximum Gasteiger partial charge on any atom is 0.289 e. The van der Waals surface area contributed by atoms with Gasteiger partial charge in [0.2, 0.25) is 10.0 Å². The van der Waals surface area contributed by atoms with E-state index in [9.17, 15) is 18.5 Å². The van der Waals surface area contributed by atoms with Crippen LogP contribution in [0.3, 0.4) is 0 Å². The molecule has 0 heterocycles. The summed E-state index contributed by atoms with van der Waals surface area (Å²) >= 11 is 5.73. The number of nitrogens with one attached hydrogen (secondary N) is 1. The summed E-state index contributed by atoms with van der Waals surface area (Å²) in [7, 11) is -3.82. The van der Waals surface area contributed by atoms with E-state index in [0.717, 1.165) is 6.07 Å². The Balaban J connectivity index is 2.95. The molecular formula is C13H15ClN2O4S. The molecule has 0 radical (unpaired) electrons. The third-order valence-corrected chi connectivity index (χ3v) is 4.68. The van der Waals surface area contributed by atoms with E-state index in [0.29, 0.717) is 24.8 Å². The van der Waals surface area contributed by atoms with Crippen molar-refractivity contribution < 1.29 is 13.3 Å². The van der Waals surface area contributed by atoms with Gasteiger partial charge in [0, 0.05) is 19.0 Å². The molecule has 0 saturated heterocycles. The molecular weight excluding hydrogens is 316 g/mol. The quantitative estimate of drug-likeness (QED) is 0.360. The first kappa shape index (κ1) is 17.4. The van der Waals surface area contributed by atoms with Gasteiger partial charge in [0.05, 0.1) is 9.82 Å². The first-order chi connectivity index (χ1) is 9.79. The number of halogens is 1. The van der Waals surface area contributed by atoms with Crippen LogP contribution in [0.5, 0.6) is 0 Å². The van der Waals surface area contributed by atoms with Crippen molar-refractivity contribution in [3.8, 4) is 12.3 Å². The van der Waals surface area contributed by atoms with Gasteiger partial charge in [0.25, 0.3) is 5.69 Å². The lowest BCUT2D eigenvalue weighted by Crippen LogP contribution is -2.25.